The van der Waals surface area contributed by atoms with Gasteiger partial charge in [0.15, 0.2) is 0 Å². The second-order valence-corrected chi connectivity index (χ2v) is 9.97. The molecule has 1 atom stereocenters. The molecule has 0 saturated heterocycles. The summed E-state index contributed by atoms with van der Waals surface area (Å²) >= 11 is 0. The van der Waals surface area contributed by atoms with Gasteiger partial charge in [0, 0.05) is 17.6 Å². The van der Waals surface area contributed by atoms with Gasteiger partial charge in [-0.1, -0.05) is 39.8 Å². The van der Waals surface area contributed by atoms with Crippen molar-refractivity contribution in [3.63, 3.8) is 0 Å². The van der Waals surface area contributed by atoms with Crippen molar-refractivity contribution in [2.45, 2.75) is 106 Å². The lowest BCUT2D eigenvalue weighted by molar-refractivity contribution is -0.125. The van der Waals surface area contributed by atoms with Crippen molar-refractivity contribution in [3.05, 3.63) is 12.2 Å². The van der Waals surface area contributed by atoms with Gasteiger partial charge < -0.3 is 14.8 Å². The maximum Gasteiger partial charge on any atom is 0.222 e. The summed E-state index contributed by atoms with van der Waals surface area (Å²) in [4.78, 5) is 12.3. The molecule has 4 heteroatoms. The van der Waals surface area contributed by atoms with Crippen LogP contribution in [0.5, 0.6) is 0 Å². The minimum atomic E-state index is -0.297. The van der Waals surface area contributed by atoms with Gasteiger partial charge in [-0.05, 0) is 60.3 Å². The average Bonchev–Trinajstić information content (AvgIpc) is 2.44. The van der Waals surface area contributed by atoms with E-state index in [1.807, 2.05) is 20.8 Å². The van der Waals surface area contributed by atoms with Crippen molar-refractivity contribution in [1.29, 1.82) is 0 Å². The average molecular weight is 384 g/mol. The summed E-state index contributed by atoms with van der Waals surface area (Å²) in [6.45, 7) is 22.2. The van der Waals surface area contributed by atoms with Gasteiger partial charge in [-0.2, -0.15) is 0 Å². The van der Waals surface area contributed by atoms with Crippen molar-refractivity contribution < 1.29 is 14.3 Å². The topological polar surface area (TPSA) is 47.6 Å². The molecule has 1 unspecified atom stereocenters. The van der Waals surface area contributed by atoms with E-state index in [9.17, 15) is 4.79 Å². The van der Waals surface area contributed by atoms with E-state index >= 15 is 0 Å². The Morgan fingerprint density at radius 2 is 1.63 bits per heavy atom. The lowest BCUT2D eigenvalue weighted by Gasteiger charge is -2.31. The molecule has 1 amide bonds. The Morgan fingerprint density at radius 3 is 2.15 bits per heavy atom. The highest BCUT2D eigenvalue weighted by molar-refractivity contribution is 5.76. The smallest absolute Gasteiger partial charge is 0.222 e. The first-order chi connectivity index (χ1) is 12.2. The molecule has 0 heterocycles. The zero-order valence-corrected chi connectivity index (χ0v) is 19.6. The van der Waals surface area contributed by atoms with E-state index in [1.54, 1.807) is 0 Å². The van der Waals surface area contributed by atoms with Crippen LogP contribution in [0.1, 0.15) is 88.5 Å². The van der Waals surface area contributed by atoms with Crippen LogP contribution < -0.4 is 5.32 Å². The number of hydrogen-bond acceptors (Lipinski definition) is 3. The Bertz CT molecular complexity index is 464. The maximum absolute atomic E-state index is 12.3. The molecule has 160 valence electrons. The fourth-order valence-electron chi connectivity index (χ4n) is 3.24. The molecule has 0 aliphatic heterocycles. The number of ether oxygens (including phenoxy) is 2. The van der Waals surface area contributed by atoms with E-state index < -0.39 is 0 Å². The van der Waals surface area contributed by atoms with Crippen LogP contribution in [0.3, 0.4) is 0 Å². The van der Waals surface area contributed by atoms with Crippen molar-refractivity contribution >= 4 is 5.91 Å². The Kier molecular flexibility index (Phi) is 10.8. The second kappa shape index (κ2) is 11.2. The van der Waals surface area contributed by atoms with Gasteiger partial charge >= 0.3 is 0 Å². The van der Waals surface area contributed by atoms with Gasteiger partial charge in [0.2, 0.25) is 5.91 Å². The third-order valence-corrected chi connectivity index (χ3v) is 4.94. The van der Waals surface area contributed by atoms with Gasteiger partial charge in [-0.3, -0.25) is 4.79 Å². The highest BCUT2D eigenvalue weighted by atomic mass is 16.5. The Morgan fingerprint density at radius 1 is 1.04 bits per heavy atom. The minimum Gasteiger partial charge on any atom is -0.378 e. The van der Waals surface area contributed by atoms with Crippen molar-refractivity contribution in [3.8, 4) is 0 Å². The summed E-state index contributed by atoms with van der Waals surface area (Å²) < 4.78 is 11.9. The highest BCUT2D eigenvalue weighted by Gasteiger charge is 2.26. The molecule has 0 aromatic heterocycles. The van der Waals surface area contributed by atoms with Crippen LogP contribution in [-0.4, -0.2) is 36.4 Å². The SMILES string of the molecule is CC=CC(C)(C)C(C)OCCC(C)(C)NC(=O)CCOC(C)(C)CC(C)C. The molecule has 0 spiro atoms. The normalized spacial score (nSPS) is 14.8. The molecule has 0 aliphatic carbocycles. The Labute approximate surface area is 168 Å². The monoisotopic (exact) mass is 383 g/mol. The van der Waals surface area contributed by atoms with Crippen molar-refractivity contribution in [2.24, 2.45) is 11.3 Å². The van der Waals surface area contributed by atoms with Crippen molar-refractivity contribution in [2.75, 3.05) is 13.2 Å². The molecule has 0 rings (SSSR count). The first-order valence-electron chi connectivity index (χ1n) is 10.4. The predicted molar refractivity (Wildman–Crippen MR) is 115 cm³/mol. The summed E-state index contributed by atoms with van der Waals surface area (Å²) in [7, 11) is 0. The molecule has 0 saturated carbocycles. The Hall–Kier alpha value is -0.870. The van der Waals surface area contributed by atoms with Crippen LogP contribution in [0.2, 0.25) is 0 Å². The summed E-state index contributed by atoms with van der Waals surface area (Å²) in [6.07, 6.45) is 6.50. The molecule has 0 aliphatic rings. The van der Waals surface area contributed by atoms with Crippen LogP contribution in [0.15, 0.2) is 12.2 Å². The van der Waals surface area contributed by atoms with E-state index in [1.165, 1.54) is 0 Å². The molecule has 0 aromatic carbocycles. The van der Waals surface area contributed by atoms with E-state index in [0.717, 1.165) is 12.8 Å². The van der Waals surface area contributed by atoms with E-state index in [4.69, 9.17) is 9.47 Å². The van der Waals surface area contributed by atoms with Crippen molar-refractivity contribution in [1.82, 2.24) is 5.32 Å². The number of carbonyl (C=O) groups excluding carboxylic acids is 1. The zero-order valence-electron chi connectivity index (χ0n) is 19.6. The van der Waals surface area contributed by atoms with Gasteiger partial charge in [-0.15, -0.1) is 0 Å². The molecule has 0 radical (unpaired) electrons. The molecule has 1 N–H and O–H groups in total. The largest absolute Gasteiger partial charge is 0.378 e. The third-order valence-electron chi connectivity index (χ3n) is 4.94. The first kappa shape index (κ1) is 26.1. The standard InChI is InChI=1S/C23H45NO3/c1-11-13-21(5,6)19(4)26-16-14-22(7,8)24-20(25)12-15-27-23(9,10)17-18(2)3/h11,13,18-19H,12,14-17H2,1-10H3,(H,24,25). The first-order valence-corrected chi connectivity index (χ1v) is 10.4. The number of nitrogens with one attached hydrogen (secondary N) is 1. The molecule has 27 heavy (non-hydrogen) atoms. The molecule has 0 bridgehead atoms. The van der Waals surface area contributed by atoms with E-state index in [2.05, 4.69) is 65.9 Å². The van der Waals surface area contributed by atoms with Crippen LogP contribution >= 0.6 is 0 Å². The summed E-state index contributed by atoms with van der Waals surface area (Å²) in [6, 6.07) is 0. The zero-order chi connectivity index (χ0) is 21.3. The third kappa shape index (κ3) is 12.2. The lowest BCUT2D eigenvalue weighted by Crippen LogP contribution is -2.45. The maximum atomic E-state index is 12.3. The fourth-order valence-corrected chi connectivity index (χ4v) is 3.24. The summed E-state index contributed by atoms with van der Waals surface area (Å²) in [5.41, 5.74) is -0.481. The molecule has 0 aromatic rings. The van der Waals surface area contributed by atoms with Gasteiger partial charge in [0.1, 0.15) is 0 Å². The lowest BCUT2D eigenvalue weighted by atomic mass is 9.87. The second-order valence-electron chi connectivity index (χ2n) is 9.97. The molecular weight excluding hydrogens is 338 g/mol. The van der Waals surface area contributed by atoms with Gasteiger partial charge in [0.25, 0.3) is 0 Å². The van der Waals surface area contributed by atoms with Crippen LogP contribution in [0.25, 0.3) is 0 Å². The predicted octanol–water partition coefficient (Wildman–Crippen LogP) is 5.51. The van der Waals surface area contributed by atoms with Gasteiger partial charge in [-0.25, -0.2) is 0 Å². The van der Waals surface area contributed by atoms with Gasteiger partial charge in [0.05, 0.1) is 24.7 Å². The number of rotatable bonds is 13. The number of allylic oxidation sites excluding steroid dienone is 1. The van der Waals surface area contributed by atoms with Crippen LogP contribution in [0, 0.1) is 11.3 Å². The highest BCUT2D eigenvalue weighted by Crippen LogP contribution is 2.25. The summed E-state index contributed by atoms with van der Waals surface area (Å²) in [5.74, 6) is 0.607. The Balaban J connectivity index is 4.25. The number of amides is 1. The minimum absolute atomic E-state index is 0.00225. The van der Waals surface area contributed by atoms with Crippen LogP contribution in [-0.2, 0) is 14.3 Å². The quantitative estimate of drug-likeness (QED) is 0.427. The van der Waals surface area contributed by atoms with Crippen LogP contribution in [0.4, 0.5) is 0 Å². The number of hydrogen-bond donors (Lipinski definition) is 1. The molecule has 4 nitrogen and oxygen atoms in total. The molecule has 0 fully saturated rings. The van der Waals surface area contributed by atoms with E-state index in [-0.39, 0.29) is 28.6 Å². The fraction of sp³-hybridized carbons (Fsp3) is 0.870. The number of carbonyl (C=O) groups is 1. The summed E-state index contributed by atoms with van der Waals surface area (Å²) in [5, 5.41) is 3.11. The molecular formula is C23H45NO3. The van der Waals surface area contributed by atoms with E-state index in [0.29, 0.717) is 25.6 Å².